The Morgan fingerprint density at radius 1 is 1.88 bits per heavy atom. The molecule has 1 aromatic rings. The van der Waals surface area contributed by atoms with Crippen molar-refractivity contribution in [3.63, 3.8) is 0 Å². The maximum Gasteiger partial charge on any atom is 0.208 e. The van der Waals surface area contributed by atoms with Gasteiger partial charge in [0.1, 0.15) is 0 Å². The van der Waals surface area contributed by atoms with Crippen LogP contribution in [0.2, 0.25) is 0 Å². The molecule has 0 aliphatic heterocycles. The van der Waals surface area contributed by atoms with Crippen LogP contribution in [0.15, 0.2) is 4.34 Å². The van der Waals surface area contributed by atoms with Crippen molar-refractivity contribution in [3.05, 3.63) is 4.77 Å². The van der Waals surface area contributed by atoms with Crippen molar-refractivity contribution in [1.82, 2.24) is 9.36 Å². The van der Waals surface area contributed by atoms with Gasteiger partial charge in [0.15, 0.2) is 4.34 Å². The number of H-pyrrole nitrogens is 1. The molecule has 6 heteroatoms. The van der Waals surface area contributed by atoms with E-state index in [9.17, 15) is 0 Å². The zero-order valence-corrected chi connectivity index (χ0v) is 6.76. The normalized spacial score (nSPS) is 9.62. The van der Waals surface area contributed by atoms with Crippen LogP contribution in [0.3, 0.4) is 0 Å². The number of hydrogen-bond acceptors (Lipinski definition) is 4. The highest BCUT2D eigenvalue weighted by molar-refractivity contribution is 8.22. The van der Waals surface area contributed by atoms with Gasteiger partial charge in [-0.2, -0.15) is 4.98 Å². The summed E-state index contributed by atoms with van der Waals surface area (Å²) in [5.41, 5.74) is 0. The highest BCUT2D eigenvalue weighted by Gasteiger charge is 1.92. The Morgan fingerprint density at radius 2 is 2.62 bits per heavy atom. The van der Waals surface area contributed by atoms with Crippen LogP contribution in [0.1, 0.15) is 0 Å². The molecule has 1 N–H and O–H groups in total. The van der Waals surface area contributed by atoms with Gasteiger partial charge in [0.2, 0.25) is 4.77 Å². The van der Waals surface area contributed by atoms with Gasteiger partial charge in [-0.3, -0.25) is 4.37 Å². The van der Waals surface area contributed by atoms with E-state index in [1.54, 1.807) is 0 Å². The molecule has 0 spiro atoms. The molecule has 0 aliphatic rings. The van der Waals surface area contributed by atoms with E-state index in [0.29, 0.717) is 4.77 Å². The molecule has 0 atom stereocenters. The molecule has 0 saturated carbocycles. The van der Waals surface area contributed by atoms with E-state index in [2.05, 4.69) is 21.6 Å². The standard InChI is InChI=1S/C2HClN2S3/c3-7-2-4-1(6)5-8-2/h(H,5,6). The van der Waals surface area contributed by atoms with Gasteiger partial charge in [-0.05, 0) is 34.4 Å². The Balaban J connectivity index is 3.01. The molecule has 8 heavy (non-hydrogen) atoms. The molecule has 44 valence electrons. The number of halogens is 1. The predicted octanol–water partition coefficient (Wildman–Crippen LogP) is 2.45. The molecule has 0 fully saturated rings. The summed E-state index contributed by atoms with van der Waals surface area (Å²) in [5.74, 6) is 0. The van der Waals surface area contributed by atoms with E-state index in [4.69, 9.17) is 10.7 Å². The average Bonchev–Trinajstić information content (AvgIpc) is 2.14. The molecule has 0 radical (unpaired) electrons. The highest BCUT2D eigenvalue weighted by atomic mass is 35.7. The number of nitrogens with zero attached hydrogens (tertiary/aromatic N) is 1. The van der Waals surface area contributed by atoms with Crippen molar-refractivity contribution in [2.24, 2.45) is 0 Å². The summed E-state index contributed by atoms with van der Waals surface area (Å²) < 4.78 is 4.02. The fourth-order valence-corrected chi connectivity index (χ4v) is 1.70. The monoisotopic (exact) mass is 184 g/mol. The lowest BCUT2D eigenvalue weighted by Gasteiger charge is -1.71. The second-order valence-electron chi connectivity index (χ2n) is 0.964. The maximum absolute atomic E-state index is 5.34. The van der Waals surface area contributed by atoms with E-state index < -0.39 is 0 Å². The summed E-state index contributed by atoms with van der Waals surface area (Å²) in [4.78, 5) is 3.84. The smallest absolute Gasteiger partial charge is 0.208 e. The van der Waals surface area contributed by atoms with Gasteiger partial charge in [-0.15, -0.1) is 0 Å². The Kier molecular flexibility index (Phi) is 2.30. The van der Waals surface area contributed by atoms with Crippen LogP contribution in [0, 0.1) is 4.77 Å². The largest absolute Gasteiger partial charge is 0.284 e. The van der Waals surface area contributed by atoms with Crippen molar-refractivity contribution < 1.29 is 0 Å². The van der Waals surface area contributed by atoms with E-state index >= 15 is 0 Å². The molecule has 2 nitrogen and oxygen atoms in total. The third-order valence-electron chi connectivity index (χ3n) is 0.484. The van der Waals surface area contributed by atoms with E-state index in [0.717, 1.165) is 15.3 Å². The first kappa shape index (κ1) is 6.54. The number of rotatable bonds is 1. The zero-order chi connectivity index (χ0) is 5.98. The van der Waals surface area contributed by atoms with Crippen LogP contribution in [0.5, 0.6) is 0 Å². The minimum Gasteiger partial charge on any atom is -0.284 e. The lowest BCUT2D eigenvalue weighted by atomic mass is 11.3. The summed E-state index contributed by atoms with van der Waals surface area (Å²) in [7, 11) is 6.41. The molecule has 1 rings (SSSR count). The van der Waals surface area contributed by atoms with Crippen molar-refractivity contribution in [3.8, 4) is 0 Å². The van der Waals surface area contributed by atoms with Gasteiger partial charge in [-0.25, -0.2) is 0 Å². The van der Waals surface area contributed by atoms with Crippen molar-refractivity contribution in [2.75, 3.05) is 0 Å². The first-order valence-electron chi connectivity index (χ1n) is 1.67. The van der Waals surface area contributed by atoms with Crippen LogP contribution in [-0.2, 0) is 0 Å². The van der Waals surface area contributed by atoms with Gasteiger partial charge >= 0.3 is 0 Å². The molecule has 1 heterocycles. The fourth-order valence-electron chi connectivity index (χ4n) is 0.249. The minimum absolute atomic E-state index is 0.498. The third-order valence-corrected chi connectivity index (χ3v) is 2.80. The lowest BCUT2D eigenvalue weighted by molar-refractivity contribution is 1.19. The van der Waals surface area contributed by atoms with Crippen LogP contribution < -0.4 is 0 Å². The first-order valence-corrected chi connectivity index (χ1v) is 4.54. The molecule has 0 unspecified atom stereocenters. The van der Waals surface area contributed by atoms with Crippen LogP contribution >= 0.6 is 45.4 Å². The Labute approximate surface area is 63.9 Å². The summed E-state index contributed by atoms with van der Waals surface area (Å²) in [5, 5.41) is 0. The van der Waals surface area contributed by atoms with E-state index in [1.165, 1.54) is 11.5 Å². The fraction of sp³-hybridized carbons (Fsp3) is 0. The quantitative estimate of drug-likeness (QED) is 0.680. The SMILES string of the molecule is S=c1nc(SCl)s[nH]1. The molecule has 0 saturated heterocycles. The Bertz CT molecular complexity index is 215. The second-order valence-corrected chi connectivity index (χ2v) is 3.41. The molecular weight excluding hydrogens is 184 g/mol. The number of aromatic amines is 1. The molecular formula is C2HClN2S3. The average molecular weight is 185 g/mol. The second kappa shape index (κ2) is 2.82. The Hall–Kier alpha value is 0.420. The van der Waals surface area contributed by atoms with Gasteiger partial charge in [0, 0.05) is 11.0 Å². The molecule has 1 aromatic heterocycles. The van der Waals surface area contributed by atoms with Gasteiger partial charge in [-0.1, -0.05) is 0 Å². The summed E-state index contributed by atoms with van der Waals surface area (Å²) in [6.45, 7) is 0. The first-order chi connectivity index (χ1) is 3.83. The van der Waals surface area contributed by atoms with E-state index in [-0.39, 0.29) is 0 Å². The lowest BCUT2D eigenvalue weighted by Crippen LogP contribution is -1.59. The van der Waals surface area contributed by atoms with Crippen LogP contribution in [0.4, 0.5) is 0 Å². The topological polar surface area (TPSA) is 28.7 Å². The molecule has 0 aromatic carbocycles. The van der Waals surface area contributed by atoms with E-state index in [1.807, 2.05) is 0 Å². The van der Waals surface area contributed by atoms with Gasteiger partial charge in [0.05, 0.1) is 0 Å². The molecule has 0 amide bonds. The van der Waals surface area contributed by atoms with Crippen molar-refractivity contribution in [2.45, 2.75) is 4.34 Å². The maximum atomic E-state index is 5.34. The zero-order valence-electron chi connectivity index (χ0n) is 3.55. The third kappa shape index (κ3) is 1.45. The minimum atomic E-state index is 0.498. The summed E-state index contributed by atoms with van der Waals surface area (Å²) in [6.07, 6.45) is 0. The highest BCUT2D eigenvalue weighted by Crippen LogP contribution is 2.21. The van der Waals surface area contributed by atoms with Crippen LogP contribution in [-0.4, -0.2) is 9.36 Å². The number of nitrogens with one attached hydrogen (secondary N) is 1. The molecule has 0 aliphatic carbocycles. The van der Waals surface area contributed by atoms with Gasteiger partial charge in [0.25, 0.3) is 0 Å². The summed E-state index contributed by atoms with van der Waals surface area (Å²) in [6, 6.07) is 0. The summed E-state index contributed by atoms with van der Waals surface area (Å²) >= 11 is 6.01. The Morgan fingerprint density at radius 3 is 2.88 bits per heavy atom. The van der Waals surface area contributed by atoms with Crippen molar-refractivity contribution >= 4 is 45.4 Å². The van der Waals surface area contributed by atoms with Crippen molar-refractivity contribution in [1.29, 1.82) is 0 Å². The van der Waals surface area contributed by atoms with Crippen LogP contribution in [0.25, 0.3) is 0 Å². The number of hydrogen-bond donors (Lipinski definition) is 1. The predicted molar refractivity (Wildman–Crippen MR) is 39.0 cm³/mol. The molecule has 0 bridgehead atoms. The number of aromatic nitrogens is 2. The van der Waals surface area contributed by atoms with Gasteiger partial charge < -0.3 is 0 Å².